The van der Waals surface area contributed by atoms with E-state index in [0.717, 1.165) is 0 Å². The molecule has 0 aliphatic carbocycles. The predicted octanol–water partition coefficient (Wildman–Crippen LogP) is 1.64. The molecule has 0 unspecified atom stereocenters. The van der Waals surface area contributed by atoms with E-state index in [1.54, 1.807) is 26.0 Å². The van der Waals surface area contributed by atoms with Gasteiger partial charge in [-0.2, -0.15) is 0 Å². The highest BCUT2D eigenvalue weighted by Crippen LogP contribution is 2.40. The fourth-order valence-electron chi connectivity index (χ4n) is 2.55. The molecule has 2 N–H and O–H groups in total. The molecular formula is C14H18N2O4. The normalized spacial score (nSPS) is 20.5. The Morgan fingerprint density at radius 1 is 1.30 bits per heavy atom. The first-order valence-electron chi connectivity index (χ1n) is 6.25. The molecule has 0 spiro atoms. The molecular weight excluding hydrogens is 260 g/mol. The van der Waals surface area contributed by atoms with Crippen LogP contribution in [0.3, 0.4) is 0 Å². The minimum atomic E-state index is -0.808. The molecule has 0 atom stereocenters. The number of hydrogen-bond donors (Lipinski definition) is 1. The first-order valence-corrected chi connectivity index (χ1v) is 6.25. The molecule has 0 saturated heterocycles. The standard InChI is InChI=1S/C14H18N2O4/c1-13(2)8-9(11(15)17)14(3,4)16(13)20-12(18)10-6-5-7-19-10/h5-8H,1-4H3,(H2,15,17). The third-order valence-electron chi connectivity index (χ3n) is 3.35. The highest BCUT2D eigenvalue weighted by atomic mass is 16.7. The summed E-state index contributed by atoms with van der Waals surface area (Å²) < 4.78 is 5.01. The highest BCUT2D eigenvalue weighted by molar-refractivity contribution is 5.95. The number of furan rings is 1. The molecule has 108 valence electrons. The van der Waals surface area contributed by atoms with Gasteiger partial charge in [-0.05, 0) is 39.8 Å². The minimum absolute atomic E-state index is 0.101. The van der Waals surface area contributed by atoms with E-state index in [2.05, 4.69) is 0 Å². The summed E-state index contributed by atoms with van der Waals surface area (Å²) in [5, 5.41) is 1.46. The van der Waals surface area contributed by atoms with Crippen LogP contribution in [0.4, 0.5) is 0 Å². The van der Waals surface area contributed by atoms with E-state index in [0.29, 0.717) is 5.57 Å². The van der Waals surface area contributed by atoms with Gasteiger partial charge in [0.25, 0.3) is 0 Å². The number of rotatable bonds is 3. The number of hydroxylamine groups is 2. The SMILES string of the molecule is CC1(C)C=C(C(N)=O)C(C)(C)N1OC(=O)c1ccco1. The van der Waals surface area contributed by atoms with Gasteiger partial charge in [0.15, 0.2) is 0 Å². The van der Waals surface area contributed by atoms with Gasteiger partial charge in [-0.15, -0.1) is 5.06 Å². The van der Waals surface area contributed by atoms with Crippen molar-refractivity contribution in [1.82, 2.24) is 5.06 Å². The lowest BCUT2D eigenvalue weighted by atomic mass is 9.96. The van der Waals surface area contributed by atoms with Crippen LogP contribution in [0.5, 0.6) is 0 Å². The predicted molar refractivity (Wildman–Crippen MR) is 71.4 cm³/mol. The van der Waals surface area contributed by atoms with E-state index in [9.17, 15) is 9.59 Å². The lowest BCUT2D eigenvalue weighted by Crippen LogP contribution is -2.52. The third-order valence-corrected chi connectivity index (χ3v) is 3.35. The first kappa shape index (κ1) is 14.3. The number of nitrogens with zero attached hydrogens (tertiary/aromatic N) is 1. The van der Waals surface area contributed by atoms with Crippen molar-refractivity contribution in [2.45, 2.75) is 38.8 Å². The molecule has 2 rings (SSSR count). The quantitative estimate of drug-likeness (QED) is 0.908. The zero-order valence-electron chi connectivity index (χ0n) is 12.0. The van der Waals surface area contributed by atoms with E-state index in [4.69, 9.17) is 15.0 Å². The average molecular weight is 278 g/mol. The molecule has 1 aromatic heterocycles. The second-order valence-electron chi connectivity index (χ2n) is 5.79. The number of hydrogen-bond acceptors (Lipinski definition) is 5. The van der Waals surface area contributed by atoms with Crippen molar-refractivity contribution in [2.75, 3.05) is 0 Å². The Balaban J connectivity index is 2.28. The molecule has 1 amide bonds. The van der Waals surface area contributed by atoms with Gasteiger partial charge in [0, 0.05) is 5.57 Å². The topological polar surface area (TPSA) is 85.8 Å². The Kier molecular flexibility index (Phi) is 3.21. The lowest BCUT2D eigenvalue weighted by molar-refractivity contribution is -0.190. The average Bonchev–Trinajstić information content (AvgIpc) is 2.90. The molecule has 1 aromatic rings. The molecule has 20 heavy (non-hydrogen) atoms. The summed E-state index contributed by atoms with van der Waals surface area (Å²) in [6.07, 6.45) is 3.11. The Morgan fingerprint density at radius 2 is 1.95 bits per heavy atom. The molecule has 0 fully saturated rings. The van der Waals surface area contributed by atoms with E-state index < -0.39 is 23.0 Å². The van der Waals surface area contributed by atoms with Gasteiger partial charge in [0.1, 0.15) is 0 Å². The van der Waals surface area contributed by atoms with Crippen molar-refractivity contribution in [2.24, 2.45) is 5.73 Å². The number of nitrogens with two attached hydrogens (primary N) is 1. The Labute approximate surface area is 117 Å². The molecule has 1 aliphatic rings. The monoisotopic (exact) mass is 278 g/mol. The van der Waals surface area contributed by atoms with Crippen LogP contribution in [0.25, 0.3) is 0 Å². The highest BCUT2D eigenvalue weighted by Gasteiger charge is 2.50. The number of amides is 1. The van der Waals surface area contributed by atoms with Crippen molar-refractivity contribution in [3.63, 3.8) is 0 Å². The fraction of sp³-hybridized carbons (Fsp3) is 0.429. The lowest BCUT2D eigenvalue weighted by Gasteiger charge is -2.38. The second-order valence-corrected chi connectivity index (χ2v) is 5.79. The smallest absolute Gasteiger partial charge is 0.393 e. The molecule has 0 bridgehead atoms. The van der Waals surface area contributed by atoms with Crippen molar-refractivity contribution >= 4 is 11.9 Å². The van der Waals surface area contributed by atoms with Gasteiger partial charge in [-0.25, -0.2) is 4.79 Å². The zero-order chi connectivity index (χ0) is 15.1. The molecule has 6 heteroatoms. The van der Waals surface area contributed by atoms with Crippen LogP contribution in [-0.4, -0.2) is 28.0 Å². The fourth-order valence-corrected chi connectivity index (χ4v) is 2.55. The van der Waals surface area contributed by atoms with Crippen LogP contribution in [0, 0.1) is 0 Å². The summed E-state index contributed by atoms with van der Waals surface area (Å²) >= 11 is 0. The molecule has 2 heterocycles. The summed E-state index contributed by atoms with van der Waals surface area (Å²) in [7, 11) is 0. The zero-order valence-corrected chi connectivity index (χ0v) is 12.0. The van der Waals surface area contributed by atoms with Gasteiger partial charge < -0.3 is 15.0 Å². The van der Waals surface area contributed by atoms with Crippen molar-refractivity contribution < 1.29 is 18.8 Å². The Morgan fingerprint density at radius 3 is 2.40 bits per heavy atom. The van der Waals surface area contributed by atoms with Gasteiger partial charge in [0.2, 0.25) is 11.7 Å². The summed E-state index contributed by atoms with van der Waals surface area (Å²) in [5.41, 5.74) is 4.35. The van der Waals surface area contributed by atoms with E-state index in [1.165, 1.54) is 17.4 Å². The van der Waals surface area contributed by atoms with Gasteiger partial charge in [-0.3, -0.25) is 4.79 Å². The van der Waals surface area contributed by atoms with E-state index in [1.807, 2.05) is 13.8 Å². The summed E-state index contributed by atoms with van der Waals surface area (Å²) in [6.45, 7) is 7.21. The maximum atomic E-state index is 12.0. The number of carbonyl (C=O) groups is 2. The first-order chi connectivity index (χ1) is 9.16. The molecule has 0 radical (unpaired) electrons. The van der Waals surface area contributed by atoms with E-state index >= 15 is 0 Å². The summed E-state index contributed by atoms with van der Waals surface area (Å²) in [5.74, 6) is -1.04. The summed E-state index contributed by atoms with van der Waals surface area (Å²) in [6, 6.07) is 3.12. The van der Waals surface area contributed by atoms with Crippen LogP contribution < -0.4 is 5.73 Å². The maximum absolute atomic E-state index is 12.0. The van der Waals surface area contributed by atoms with Gasteiger partial charge in [-0.1, -0.05) is 6.08 Å². The van der Waals surface area contributed by atoms with Crippen molar-refractivity contribution in [3.05, 3.63) is 35.8 Å². The van der Waals surface area contributed by atoms with Crippen LogP contribution in [0.1, 0.15) is 38.2 Å². The van der Waals surface area contributed by atoms with Gasteiger partial charge >= 0.3 is 5.97 Å². The van der Waals surface area contributed by atoms with Crippen LogP contribution in [0.2, 0.25) is 0 Å². The maximum Gasteiger partial charge on any atom is 0.393 e. The van der Waals surface area contributed by atoms with Crippen molar-refractivity contribution in [3.8, 4) is 0 Å². The Hall–Kier alpha value is -2.08. The third kappa shape index (κ3) is 2.22. The molecule has 1 aliphatic heterocycles. The van der Waals surface area contributed by atoms with Crippen molar-refractivity contribution in [1.29, 1.82) is 0 Å². The van der Waals surface area contributed by atoms with Gasteiger partial charge in [0.05, 0.1) is 17.3 Å². The molecule has 0 saturated carbocycles. The largest absolute Gasteiger partial charge is 0.457 e. The summed E-state index contributed by atoms with van der Waals surface area (Å²) in [4.78, 5) is 29.0. The number of carbonyl (C=O) groups excluding carboxylic acids is 2. The minimum Gasteiger partial charge on any atom is -0.457 e. The Bertz CT molecular complexity index is 570. The van der Waals surface area contributed by atoms with Crippen LogP contribution in [0.15, 0.2) is 34.5 Å². The van der Waals surface area contributed by atoms with Crippen LogP contribution in [-0.2, 0) is 9.63 Å². The molecule has 6 nitrogen and oxygen atoms in total. The van der Waals surface area contributed by atoms with Crippen LogP contribution >= 0.6 is 0 Å². The molecule has 0 aromatic carbocycles. The second kappa shape index (κ2) is 4.49. The number of primary amides is 1. The van der Waals surface area contributed by atoms with E-state index in [-0.39, 0.29) is 5.76 Å².